The van der Waals surface area contributed by atoms with E-state index in [-0.39, 0.29) is 12.5 Å². The van der Waals surface area contributed by atoms with Gasteiger partial charge in [-0.25, -0.2) is 0 Å². The third-order valence-corrected chi connectivity index (χ3v) is 3.47. The third kappa shape index (κ3) is 3.54. The quantitative estimate of drug-likeness (QED) is 0.898. The Bertz CT molecular complexity index is 414. The van der Waals surface area contributed by atoms with Crippen LogP contribution in [0.3, 0.4) is 0 Å². The van der Waals surface area contributed by atoms with Crippen LogP contribution in [-0.2, 0) is 0 Å². The molecule has 3 nitrogen and oxygen atoms in total. The van der Waals surface area contributed by atoms with Crippen LogP contribution < -0.4 is 5.32 Å². The van der Waals surface area contributed by atoms with E-state index in [4.69, 9.17) is 0 Å². The fourth-order valence-electron chi connectivity index (χ4n) is 1.46. The predicted molar refractivity (Wildman–Crippen MR) is 72.1 cm³/mol. The number of aliphatic hydroxyl groups is 1. The summed E-state index contributed by atoms with van der Waals surface area (Å²) in [6.45, 7) is 5.59. The number of halogens is 1. The monoisotopic (exact) mass is 299 g/mol. The van der Waals surface area contributed by atoms with Crippen molar-refractivity contribution >= 4 is 21.8 Å². The van der Waals surface area contributed by atoms with Crippen molar-refractivity contribution in [2.24, 2.45) is 0 Å². The van der Waals surface area contributed by atoms with E-state index in [1.54, 1.807) is 6.07 Å². The third-order valence-electron chi connectivity index (χ3n) is 2.98. The molecule has 2 N–H and O–H groups in total. The second-order valence-corrected chi connectivity index (χ2v) is 5.40. The first-order valence-electron chi connectivity index (χ1n) is 5.61. The van der Waals surface area contributed by atoms with Gasteiger partial charge >= 0.3 is 0 Å². The molecular weight excluding hydrogens is 282 g/mol. The lowest BCUT2D eigenvalue weighted by molar-refractivity contribution is 0.0847. The summed E-state index contributed by atoms with van der Waals surface area (Å²) >= 11 is 3.36. The van der Waals surface area contributed by atoms with Gasteiger partial charge in [-0.3, -0.25) is 4.79 Å². The van der Waals surface area contributed by atoms with E-state index in [0.29, 0.717) is 12.0 Å². The summed E-state index contributed by atoms with van der Waals surface area (Å²) in [4.78, 5) is 12.1. The number of hydrogen-bond donors (Lipinski definition) is 2. The minimum atomic E-state index is -0.559. The molecule has 0 aliphatic carbocycles. The molecule has 0 saturated heterocycles. The zero-order valence-corrected chi connectivity index (χ0v) is 12.0. The minimum Gasteiger partial charge on any atom is -0.394 e. The molecule has 0 radical (unpaired) electrons. The van der Waals surface area contributed by atoms with Crippen molar-refractivity contribution in [3.8, 4) is 0 Å². The molecule has 1 aromatic rings. The maximum absolute atomic E-state index is 12.1. The molecule has 1 rings (SSSR count). The lowest BCUT2D eigenvalue weighted by Gasteiger charge is -2.27. The molecule has 1 aromatic carbocycles. The van der Waals surface area contributed by atoms with Gasteiger partial charge in [0.05, 0.1) is 12.1 Å². The average molecular weight is 300 g/mol. The first kappa shape index (κ1) is 14.2. The SMILES string of the molecule is CCC(C)(CO)NC(=O)c1ccc(Br)cc1C. The molecule has 0 aromatic heterocycles. The van der Waals surface area contributed by atoms with Gasteiger partial charge in [0, 0.05) is 10.0 Å². The van der Waals surface area contributed by atoms with Gasteiger partial charge in [-0.2, -0.15) is 0 Å². The molecule has 0 fully saturated rings. The van der Waals surface area contributed by atoms with Crippen LogP contribution >= 0.6 is 15.9 Å². The summed E-state index contributed by atoms with van der Waals surface area (Å²) in [6.07, 6.45) is 0.685. The molecule has 4 heteroatoms. The largest absolute Gasteiger partial charge is 0.394 e. The van der Waals surface area contributed by atoms with E-state index in [0.717, 1.165) is 10.0 Å². The van der Waals surface area contributed by atoms with Crippen LogP contribution in [0.1, 0.15) is 36.2 Å². The highest BCUT2D eigenvalue weighted by atomic mass is 79.9. The van der Waals surface area contributed by atoms with Crippen LogP contribution in [0.2, 0.25) is 0 Å². The summed E-state index contributed by atoms with van der Waals surface area (Å²) in [7, 11) is 0. The van der Waals surface area contributed by atoms with Crippen molar-refractivity contribution in [2.75, 3.05) is 6.61 Å². The van der Waals surface area contributed by atoms with Gasteiger partial charge in [-0.15, -0.1) is 0 Å². The van der Waals surface area contributed by atoms with Gasteiger partial charge in [0.25, 0.3) is 5.91 Å². The molecule has 1 atom stereocenters. The first-order chi connectivity index (χ1) is 7.91. The Hall–Kier alpha value is -0.870. The maximum atomic E-state index is 12.1. The summed E-state index contributed by atoms with van der Waals surface area (Å²) in [6, 6.07) is 5.52. The van der Waals surface area contributed by atoms with E-state index < -0.39 is 5.54 Å². The Morgan fingerprint density at radius 1 is 1.53 bits per heavy atom. The summed E-state index contributed by atoms with van der Waals surface area (Å²) in [5, 5.41) is 12.1. The van der Waals surface area contributed by atoms with Crippen molar-refractivity contribution in [1.82, 2.24) is 5.32 Å². The molecule has 1 amide bonds. The Balaban J connectivity index is 2.90. The van der Waals surface area contributed by atoms with E-state index in [1.165, 1.54) is 0 Å². The first-order valence-corrected chi connectivity index (χ1v) is 6.40. The minimum absolute atomic E-state index is 0.0647. The second-order valence-electron chi connectivity index (χ2n) is 4.49. The molecule has 0 heterocycles. The summed E-state index contributed by atoms with van der Waals surface area (Å²) < 4.78 is 0.951. The standard InChI is InChI=1S/C13H18BrNO2/c1-4-13(3,8-16)15-12(17)11-6-5-10(14)7-9(11)2/h5-7,16H,4,8H2,1-3H3,(H,15,17). The van der Waals surface area contributed by atoms with Crippen LogP contribution in [0.25, 0.3) is 0 Å². The zero-order chi connectivity index (χ0) is 13.1. The van der Waals surface area contributed by atoms with Crippen LogP contribution in [-0.4, -0.2) is 23.2 Å². The van der Waals surface area contributed by atoms with Crippen LogP contribution in [0.4, 0.5) is 0 Å². The summed E-state index contributed by atoms with van der Waals surface area (Å²) in [5.74, 6) is -0.145. The van der Waals surface area contributed by atoms with Gasteiger partial charge in [0.2, 0.25) is 0 Å². The van der Waals surface area contributed by atoms with Crippen molar-refractivity contribution in [2.45, 2.75) is 32.7 Å². The molecule has 0 bridgehead atoms. The zero-order valence-electron chi connectivity index (χ0n) is 10.4. The molecule has 0 saturated carbocycles. The Labute approximate surface area is 110 Å². The Morgan fingerprint density at radius 3 is 2.65 bits per heavy atom. The molecule has 0 spiro atoms. The number of aryl methyl sites for hydroxylation is 1. The van der Waals surface area contributed by atoms with E-state index >= 15 is 0 Å². The van der Waals surface area contributed by atoms with E-state index in [2.05, 4.69) is 21.2 Å². The van der Waals surface area contributed by atoms with Crippen LogP contribution in [0, 0.1) is 6.92 Å². The average Bonchev–Trinajstić information content (AvgIpc) is 2.28. The van der Waals surface area contributed by atoms with Gasteiger partial charge < -0.3 is 10.4 Å². The topological polar surface area (TPSA) is 49.3 Å². The number of benzene rings is 1. The Morgan fingerprint density at radius 2 is 2.18 bits per heavy atom. The lowest BCUT2D eigenvalue weighted by atomic mass is 9.99. The fourth-order valence-corrected chi connectivity index (χ4v) is 1.94. The van der Waals surface area contributed by atoms with Gasteiger partial charge in [-0.05, 0) is 44.0 Å². The number of rotatable bonds is 4. The van der Waals surface area contributed by atoms with E-state index in [9.17, 15) is 9.90 Å². The molecular formula is C13H18BrNO2. The second kappa shape index (κ2) is 5.65. The van der Waals surface area contributed by atoms with Crippen molar-refractivity contribution < 1.29 is 9.90 Å². The molecule has 0 aliphatic rings. The van der Waals surface area contributed by atoms with Crippen LogP contribution in [0.5, 0.6) is 0 Å². The molecule has 94 valence electrons. The van der Waals surface area contributed by atoms with Gasteiger partial charge in [0.15, 0.2) is 0 Å². The number of carbonyl (C=O) groups is 1. The number of hydrogen-bond acceptors (Lipinski definition) is 2. The van der Waals surface area contributed by atoms with Crippen molar-refractivity contribution in [1.29, 1.82) is 0 Å². The van der Waals surface area contributed by atoms with E-state index in [1.807, 2.05) is 32.9 Å². The maximum Gasteiger partial charge on any atom is 0.252 e. The van der Waals surface area contributed by atoms with Gasteiger partial charge in [0.1, 0.15) is 0 Å². The number of amides is 1. The fraction of sp³-hybridized carbons (Fsp3) is 0.462. The van der Waals surface area contributed by atoms with Gasteiger partial charge in [-0.1, -0.05) is 22.9 Å². The smallest absolute Gasteiger partial charge is 0.252 e. The highest BCUT2D eigenvalue weighted by Crippen LogP contribution is 2.17. The molecule has 1 unspecified atom stereocenters. The molecule has 0 aliphatic heterocycles. The van der Waals surface area contributed by atoms with Crippen molar-refractivity contribution in [3.05, 3.63) is 33.8 Å². The Kier molecular flexibility index (Phi) is 4.71. The normalized spacial score (nSPS) is 14.2. The highest BCUT2D eigenvalue weighted by molar-refractivity contribution is 9.10. The predicted octanol–water partition coefficient (Wildman–Crippen LogP) is 2.65. The number of nitrogens with one attached hydrogen (secondary N) is 1. The highest BCUT2D eigenvalue weighted by Gasteiger charge is 2.24. The number of aliphatic hydroxyl groups excluding tert-OH is 1. The summed E-state index contributed by atoms with van der Waals surface area (Å²) in [5.41, 5.74) is 0.992. The number of carbonyl (C=O) groups excluding carboxylic acids is 1. The van der Waals surface area contributed by atoms with Crippen molar-refractivity contribution in [3.63, 3.8) is 0 Å². The molecule has 17 heavy (non-hydrogen) atoms. The lowest BCUT2D eigenvalue weighted by Crippen LogP contribution is -2.48. The van der Waals surface area contributed by atoms with Crippen LogP contribution in [0.15, 0.2) is 22.7 Å².